The van der Waals surface area contributed by atoms with Crippen LogP contribution in [0.2, 0.25) is 0 Å². The number of urea groups is 1. The quantitative estimate of drug-likeness (QED) is 0.664. The molecule has 0 aliphatic heterocycles. The van der Waals surface area contributed by atoms with Crippen LogP contribution in [0.25, 0.3) is 0 Å². The van der Waals surface area contributed by atoms with E-state index in [1.807, 2.05) is 0 Å². The lowest BCUT2D eigenvalue weighted by molar-refractivity contribution is -0.141. The maximum Gasteiger partial charge on any atom is 0.319 e. The Morgan fingerprint density at radius 2 is 1.48 bits per heavy atom. The van der Waals surface area contributed by atoms with Gasteiger partial charge in [-0.2, -0.15) is 0 Å². The van der Waals surface area contributed by atoms with Crippen molar-refractivity contribution in [1.29, 1.82) is 0 Å². The summed E-state index contributed by atoms with van der Waals surface area (Å²) in [6, 6.07) is 5.59. The molecule has 1 aromatic carbocycles. The standard InChI is InChI=1S/C14H19N3O4/c1-8(13(19)20)9(2)15-14(21)17-12-6-4-11(5-7-12)16-10(3)18/h4-9H,1-3H3,(H,16,18)(H,19,20)(H2,15,17,21). The summed E-state index contributed by atoms with van der Waals surface area (Å²) in [6.45, 7) is 4.55. The normalized spacial score (nSPS) is 12.9. The van der Waals surface area contributed by atoms with Gasteiger partial charge in [-0.05, 0) is 38.1 Å². The predicted molar refractivity (Wildman–Crippen MR) is 79.2 cm³/mol. The number of hydrogen-bond donors (Lipinski definition) is 4. The highest BCUT2D eigenvalue weighted by molar-refractivity contribution is 5.91. The van der Waals surface area contributed by atoms with Crippen LogP contribution in [0.3, 0.4) is 0 Å². The van der Waals surface area contributed by atoms with Crippen molar-refractivity contribution >= 4 is 29.3 Å². The fraction of sp³-hybridized carbons (Fsp3) is 0.357. The Labute approximate surface area is 122 Å². The van der Waals surface area contributed by atoms with Crippen molar-refractivity contribution in [3.8, 4) is 0 Å². The zero-order valence-corrected chi connectivity index (χ0v) is 12.1. The van der Waals surface area contributed by atoms with Gasteiger partial charge in [0.05, 0.1) is 5.92 Å². The highest BCUT2D eigenvalue weighted by Gasteiger charge is 2.20. The van der Waals surface area contributed by atoms with Gasteiger partial charge in [-0.15, -0.1) is 0 Å². The van der Waals surface area contributed by atoms with Crippen LogP contribution in [-0.4, -0.2) is 29.1 Å². The second-order valence-electron chi connectivity index (χ2n) is 4.77. The van der Waals surface area contributed by atoms with E-state index in [1.54, 1.807) is 31.2 Å². The van der Waals surface area contributed by atoms with E-state index in [2.05, 4.69) is 16.0 Å². The number of carboxylic acid groups (broad SMARTS) is 1. The number of carboxylic acids is 1. The van der Waals surface area contributed by atoms with E-state index >= 15 is 0 Å². The molecule has 0 aliphatic rings. The third-order valence-electron chi connectivity index (χ3n) is 2.96. The molecule has 0 spiro atoms. The highest BCUT2D eigenvalue weighted by Crippen LogP contribution is 2.13. The predicted octanol–water partition coefficient (Wildman–Crippen LogP) is 1.88. The third-order valence-corrected chi connectivity index (χ3v) is 2.96. The second kappa shape index (κ2) is 7.28. The van der Waals surface area contributed by atoms with Gasteiger partial charge in [0, 0.05) is 24.3 Å². The summed E-state index contributed by atoms with van der Waals surface area (Å²) in [5.41, 5.74) is 1.16. The van der Waals surface area contributed by atoms with E-state index in [4.69, 9.17) is 5.11 Å². The Morgan fingerprint density at radius 1 is 1.00 bits per heavy atom. The Bertz CT molecular complexity index is 528. The summed E-state index contributed by atoms with van der Waals surface area (Å²) in [4.78, 5) is 33.4. The van der Waals surface area contributed by atoms with Gasteiger partial charge in [-0.1, -0.05) is 0 Å². The van der Waals surface area contributed by atoms with Gasteiger partial charge >= 0.3 is 12.0 Å². The van der Waals surface area contributed by atoms with Crippen LogP contribution in [0, 0.1) is 5.92 Å². The van der Waals surface area contributed by atoms with Gasteiger partial charge in [0.2, 0.25) is 5.91 Å². The molecule has 7 heteroatoms. The van der Waals surface area contributed by atoms with Crippen LogP contribution >= 0.6 is 0 Å². The monoisotopic (exact) mass is 293 g/mol. The zero-order chi connectivity index (χ0) is 16.0. The van der Waals surface area contributed by atoms with Crippen molar-refractivity contribution in [3.05, 3.63) is 24.3 Å². The number of anilines is 2. The van der Waals surface area contributed by atoms with Gasteiger partial charge in [-0.3, -0.25) is 9.59 Å². The fourth-order valence-corrected chi connectivity index (χ4v) is 1.55. The number of nitrogens with one attached hydrogen (secondary N) is 3. The van der Waals surface area contributed by atoms with Crippen LogP contribution in [0.4, 0.5) is 16.2 Å². The van der Waals surface area contributed by atoms with Gasteiger partial charge in [0.25, 0.3) is 0 Å². The average molecular weight is 293 g/mol. The van der Waals surface area contributed by atoms with Gasteiger partial charge in [-0.25, -0.2) is 4.79 Å². The maximum atomic E-state index is 11.7. The topological polar surface area (TPSA) is 108 Å². The molecule has 0 aromatic heterocycles. The van der Waals surface area contributed by atoms with E-state index < -0.39 is 24.0 Å². The van der Waals surface area contributed by atoms with E-state index in [0.717, 1.165) is 0 Å². The molecule has 0 aliphatic carbocycles. The van der Waals surface area contributed by atoms with E-state index in [-0.39, 0.29) is 5.91 Å². The minimum atomic E-state index is -0.970. The van der Waals surface area contributed by atoms with E-state index in [1.165, 1.54) is 13.8 Å². The lowest BCUT2D eigenvalue weighted by Crippen LogP contribution is -2.42. The molecular weight excluding hydrogens is 274 g/mol. The number of benzene rings is 1. The molecule has 0 saturated carbocycles. The van der Waals surface area contributed by atoms with E-state index in [0.29, 0.717) is 11.4 Å². The summed E-state index contributed by atoms with van der Waals surface area (Å²) in [6.07, 6.45) is 0. The van der Waals surface area contributed by atoms with Crippen LogP contribution < -0.4 is 16.0 Å². The maximum absolute atomic E-state index is 11.7. The summed E-state index contributed by atoms with van der Waals surface area (Å²) >= 11 is 0. The number of hydrogen-bond acceptors (Lipinski definition) is 3. The molecule has 3 amide bonds. The molecule has 114 valence electrons. The first-order chi connectivity index (χ1) is 9.79. The smallest absolute Gasteiger partial charge is 0.319 e. The van der Waals surface area contributed by atoms with Crippen LogP contribution in [-0.2, 0) is 9.59 Å². The minimum Gasteiger partial charge on any atom is -0.481 e. The minimum absolute atomic E-state index is 0.176. The molecule has 1 rings (SSSR count). The molecule has 0 heterocycles. The van der Waals surface area contributed by atoms with Gasteiger partial charge in [0.1, 0.15) is 0 Å². The van der Waals surface area contributed by atoms with Crippen molar-refractivity contribution in [2.75, 3.05) is 10.6 Å². The first kappa shape index (κ1) is 16.5. The molecule has 2 atom stereocenters. The molecule has 0 fully saturated rings. The molecule has 1 aromatic rings. The van der Waals surface area contributed by atoms with Crippen LogP contribution in [0.1, 0.15) is 20.8 Å². The Hall–Kier alpha value is -2.57. The molecular formula is C14H19N3O4. The number of amides is 3. The number of aliphatic carboxylic acids is 1. The number of carbonyl (C=O) groups is 3. The van der Waals surface area contributed by atoms with Crippen LogP contribution in [0.15, 0.2) is 24.3 Å². The number of rotatable bonds is 5. The molecule has 0 bridgehead atoms. The third kappa shape index (κ3) is 5.52. The van der Waals surface area contributed by atoms with Gasteiger partial charge < -0.3 is 21.1 Å². The molecule has 0 radical (unpaired) electrons. The molecule has 21 heavy (non-hydrogen) atoms. The Balaban J connectivity index is 2.55. The summed E-state index contributed by atoms with van der Waals surface area (Å²) in [7, 11) is 0. The average Bonchev–Trinajstić information content (AvgIpc) is 2.39. The molecule has 2 unspecified atom stereocenters. The van der Waals surface area contributed by atoms with Crippen molar-refractivity contribution in [2.45, 2.75) is 26.8 Å². The first-order valence-corrected chi connectivity index (χ1v) is 6.47. The zero-order valence-electron chi connectivity index (χ0n) is 12.1. The summed E-state index contributed by atoms with van der Waals surface area (Å²) < 4.78 is 0. The number of carbonyl (C=O) groups excluding carboxylic acids is 2. The molecule has 7 nitrogen and oxygen atoms in total. The first-order valence-electron chi connectivity index (χ1n) is 6.47. The Morgan fingerprint density at radius 3 is 1.90 bits per heavy atom. The Kier molecular flexibility index (Phi) is 5.71. The summed E-state index contributed by atoms with van der Waals surface area (Å²) in [5.74, 6) is -1.83. The molecule has 4 N–H and O–H groups in total. The lowest BCUT2D eigenvalue weighted by atomic mass is 10.0. The largest absolute Gasteiger partial charge is 0.481 e. The van der Waals surface area contributed by atoms with Gasteiger partial charge in [0.15, 0.2) is 0 Å². The summed E-state index contributed by atoms with van der Waals surface area (Å²) in [5, 5.41) is 16.6. The van der Waals surface area contributed by atoms with Crippen molar-refractivity contribution in [1.82, 2.24) is 5.32 Å². The van der Waals surface area contributed by atoms with Crippen molar-refractivity contribution in [2.24, 2.45) is 5.92 Å². The lowest BCUT2D eigenvalue weighted by Gasteiger charge is -2.18. The highest BCUT2D eigenvalue weighted by atomic mass is 16.4. The fourth-order valence-electron chi connectivity index (χ4n) is 1.55. The van der Waals surface area contributed by atoms with E-state index in [9.17, 15) is 14.4 Å². The van der Waals surface area contributed by atoms with Crippen molar-refractivity contribution < 1.29 is 19.5 Å². The SMILES string of the molecule is CC(=O)Nc1ccc(NC(=O)NC(C)C(C)C(=O)O)cc1. The van der Waals surface area contributed by atoms with Crippen LogP contribution in [0.5, 0.6) is 0 Å². The van der Waals surface area contributed by atoms with Crippen molar-refractivity contribution in [3.63, 3.8) is 0 Å². The molecule has 0 saturated heterocycles. The second-order valence-corrected chi connectivity index (χ2v) is 4.77.